The number of aromatic nitrogens is 1. The van der Waals surface area contributed by atoms with Crippen molar-refractivity contribution in [1.29, 1.82) is 0 Å². The smallest absolute Gasteiger partial charge is 0.288 e. The second-order valence-corrected chi connectivity index (χ2v) is 7.13. The number of nitro groups is 1. The molecule has 0 atom stereocenters. The van der Waals surface area contributed by atoms with Crippen LogP contribution in [0.1, 0.15) is 5.56 Å². The molecule has 1 amide bonds. The summed E-state index contributed by atoms with van der Waals surface area (Å²) in [5.41, 5.74) is 2.76. The average molecular weight is 450 g/mol. The van der Waals surface area contributed by atoms with Gasteiger partial charge in [0.05, 0.1) is 12.0 Å². The maximum absolute atomic E-state index is 12.3. The highest BCUT2D eigenvalue weighted by atomic mass is 35.5. The summed E-state index contributed by atoms with van der Waals surface area (Å²) in [4.78, 5) is 27.2. The Morgan fingerprint density at radius 3 is 2.66 bits per heavy atom. The van der Waals surface area contributed by atoms with E-state index in [-0.39, 0.29) is 10.7 Å². The molecule has 8 nitrogen and oxygen atoms in total. The first-order chi connectivity index (χ1) is 15.4. The predicted molar refractivity (Wildman–Crippen MR) is 122 cm³/mol. The summed E-state index contributed by atoms with van der Waals surface area (Å²) in [6, 6.07) is 16.7. The number of ether oxygens (including phenoxy) is 1. The van der Waals surface area contributed by atoms with Gasteiger partial charge in [0.15, 0.2) is 5.58 Å². The van der Waals surface area contributed by atoms with Gasteiger partial charge < -0.3 is 14.5 Å². The molecule has 0 spiro atoms. The first kappa shape index (κ1) is 21.1. The third kappa shape index (κ3) is 4.60. The Hall–Kier alpha value is -4.17. The van der Waals surface area contributed by atoms with Gasteiger partial charge in [0, 0.05) is 23.4 Å². The van der Waals surface area contributed by atoms with Crippen LogP contribution < -0.4 is 10.1 Å². The van der Waals surface area contributed by atoms with Gasteiger partial charge in [0.25, 0.3) is 5.69 Å². The van der Waals surface area contributed by atoms with Crippen molar-refractivity contribution in [3.63, 3.8) is 0 Å². The van der Waals surface area contributed by atoms with E-state index in [0.29, 0.717) is 28.2 Å². The van der Waals surface area contributed by atoms with E-state index in [1.807, 2.05) is 24.3 Å². The monoisotopic (exact) mass is 449 g/mol. The highest BCUT2D eigenvalue weighted by Crippen LogP contribution is 2.28. The van der Waals surface area contributed by atoms with Crippen molar-refractivity contribution < 1.29 is 18.9 Å². The molecular formula is C23H16ClN3O5. The van der Waals surface area contributed by atoms with Crippen molar-refractivity contribution >= 4 is 46.1 Å². The van der Waals surface area contributed by atoms with E-state index in [1.54, 1.807) is 31.4 Å². The third-order valence-corrected chi connectivity index (χ3v) is 4.91. The number of hydrogen-bond donors (Lipinski definition) is 1. The van der Waals surface area contributed by atoms with Crippen molar-refractivity contribution in [2.24, 2.45) is 0 Å². The van der Waals surface area contributed by atoms with Crippen molar-refractivity contribution in [2.75, 3.05) is 12.4 Å². The lowest BCUT2D eigenvalue weighted by atomic mass is 10.2. The van der Waals surface area contributed by atoms with Crippen LogP contribution in [0.5, 0.6) is 5.75 Å². The molecule has 3 aromatic carbocycles. The summed E-state index contributed by atoms with van der Waals surface area (Å²) in [5, 5.41) is 13.7. The molecule has 0 radical (unpaired) electrons. The van der Waals surface area contributed by atoms with Gasteiger partial charge in [-0.1, -0.05) is 17.7 Å². The highest BCUT2D eigenvalue weighted by Gasteiger charge is 2.12. The summed E-state index contributed by atoms with van der Waals surface area (Å²) < 4.78 is 10.9. The Labute approximate surface area is 187 Å². The zero-order chi connectivity index (χ0) is 22.7. The van der Waals surface area contributed by atoms with Crippen LogP contribution in [0.4, 0.5) is 11.4 Å². The number of nitrogens with one attached hydrogen (secondary N) is 1. The van der Waals surface area contributed by atoms with Crippen LogP contribution in [-0.2, 0) is 4.79 Å². The number of nitrogens with zero attached hydrogens (tertiary/aromatic N) is 2. The molecule has 1 heterocycles. The van der Waals surface area contributed by atoms with Crippen LogP contribution in [0.3, 0.4) is 0 Å². The Morgan fingerprint density at radius 1 is 1.16 bits per heavy atom. The fourth-order valence-electron chi connectivity index (χ4n) is 2.99. The minimum atomic E-state index is -0.576. The number of benzene rings is 3. The topological polar surface area (TPSA) is 108 Å². The number of halogens is 1. The quantitative estimate of drug-likeness (QED) is 0.229. The van der Waals surface area contributed by atoms with Crippen molar-refractivity contribution in [2.45, 2.75) is 0 Å². The van der Waals surface area contributed by atoms with Gasteiger partial charge in [0.2, 0.25) is 11.8 Å². The Morgan fingerprint density at radius 2 is 1.94 bits per heavy atom. The molecule has 0 bridgehead atoms. The van der Waals surface area contributed by atoms with E-state index < -0.39 is 10.8 Å². The van der Waals surface area contributed by atoms with E-state index in [0.717, 1.165) is 11.3 Å². The van der Waals surface area contributed by atoms with E-state index in [9.17, 15) is 14.9 Å². The number of anilines is 1. The molecule has 160 valence electrons. The molecule has 9 heteroatoms. The van der Waals surface area contributed by atoms with Crippen molar-refractivity contribution in [3.05, 3.63) is 87.4 Å². The number of hydrogen-bond acceptors (Lipinski definition) is 6. The molecule has 4 rings (SSSR count). The summed E-state index contributed by atoms with van der Waals surface area (Å²) in [6.45, 7) is 0. The molecule has 0 saturated carbocycles. The Balaban J connectivity index is 1.49. The van der Waals surface area contributed by atoms with Gasteiger partial charge in [0.1, 0.15) is 16.3 Å². The zero-order valence-corrected chi connectivity index (χ0v) is 17.5. The second-order valence-electron chi connectivity index (χ2n) is 6.72. The molecule has 0 aliphatic rings. The maximum Gasteiger partial charge on any atom is 0.288 e. The molecule has 0 aliphatic carbocycles. The lowest BCUT2D eigenvalue weighted by Gasteiger charge is -2.01. The van der Waals surface area contributed by atoms with Crippen LogP contribution >= 0.6 is 11.6 Å². The fraction of sp³-hybridized carbons (Fsp3) is 0.0435. The van der Waals surface area contributed by atoms with E-state index in [2.05, 4.69) is 10.3 Å². The van der Waals surface area contributed by atoms with Gasteiger partial charge in [-0.15, -0.1) is 0 Å². The molecule has 1 aromatic heterocycles. The van der Waals surface area contributed by atoms with Crippen LogP contribution in [0.2, 0.25) is 5.02 Å². The number of carbonyl (C=O) groups is 1. The Kier molecular flexibility index (Phi) is 5.87. The summed E-state index contributed by atoms with van der Waals surface area (Å²) in [7, 11) is 1.60. The van der Waals surface area contributed by atoms with Gasteiger partial charge in [-0.2, -0.15) is 0 Å². The number of fused-ring (bicyclic) bond motifs is 1. The van der Waals surface area contributed by atoms with E-state index >= 15 is 0 Å². The van der Waals surface area contributed by atoms with Gasteiger partial charge in [-0.25, -0.2) is 4.98 Å². The van der Waals surface area contributed by atoms with E-state index in [1.165, 1.54) is 24.3 Å². The number of oxazole rings is 1. The van der Waals surface area contributed by atoms with Gasteiger partial charge in [-0.05, 0) is 60.2 Å². The van der Waals surface area contributed by atoms with Crippen LogP contribution in [0.15, 0.2) is 71.2 Å². The molecular weight excluding hydrogens is 434 g/mol. The maximum atomic E-state index is 12.3. The molecule has 1 N–H and O–H groups in total. The number of carbonyl (C=O) groups excluding carboxylic acids is 1. The number of methoxy groups -OCH3 is 1. The molecule has 4 aromatic rings. The minimum Gasteiger partial charge on any atom is -0.497 e. The predicted octanol–water partition coefficient (Wildman–Crippen LogP) is 5.72. The van der Waals surface area contributed by atoms with E-state index in [4.69, 9.17) is 20.8 Å². The van der Waals surface area contributed by atoms with Gasteiger partial charge >= 0.3 is 0 Å². The van der Waals surface area contributed by atoms with Crippen LogP contribution in [0.25, 0.3) is 28.6 Å². The third-order valence-electron chi connectivity index (χ3n) is 4.59. The molecule has 0 aliphatic heterocycles. The van der Waals surface area contributed by atoms with Crippen molar-refractivity contribution in [1.82, 2.24) is 4.98 Å². The molecule has 0 saturated heterocycles. The average Bonchev–Trinajstić information content (AvgIpc) is 3.22. The minimum absolute atomic E-state index is 0.0338. The largest absolute Gasteiger partial charge is 0.497 e. The first-order valence-electron chi connectivity index (χ1n) is 9.41. The molecule has 0 fully saturated rings. The standard InChI is InChI=1S/C23H16ClN3O5/c1-31-17-7-4-15(5-8-17)23-26-19-13-16(6-10-21(19)32-23)25-22(28)11-3-14-2-9-18(24)20(12-14)27(29)30/h2-13H,1H3,(H,25,28). The zero-order valence-electron chi connectivity index (χ0n) is 16.7. The Bertz CT molecular complexity index is 1350. The SMILES string of the molecule is COc1ccc(-c2nc3cc(NC(=O)C=Cc4ccc(Cl)c([N+](=O)[O-])c4)ccc3o2)cc1. The summed E-state index contributed by atoms with van der Waals surface area (Å²) in [6.07, 6.45) is 2.75. The second kappa shape index (κ2) is 8.91. The van der Waals surface area contributed by atoms with Crippen molar-refractivity contribution in [3.8, 4) is 17.2 Å². The number of rotatable bonds is 6. The molecule has 0 unspecified atom stereocenters. The number of amides is 1. The van der Waals surface area contributed by atoms with Gasteiger partial charge in [-0.3, -0.25) is 14.9 Å². The highest BCUT2D eigenvalue weighted by molar-refractivity contribution is 6.32. The summed E-state index contributed by atoms with van der Waals surface area (Å²) in [5.74, 6) is 0.785. The lowest BCUT2D eigenvalue weighted by Crippen LogP contribution is -2.07. The number of nitro benzene ring substituents is 1. The molecule has 32 heavy (non-hydrogen) atoms. The summed E-state index contributed by atoms with van der Waals surface area (Å²) >= 11 is 5.80. The van der Waals surface area contributed by atoms with Crippen LogP contribution in [0, 0.1) is 10.1 Å². The first-order valence-corrected chi connectivity index (χ1v) is 9.79. The van der Waals surface area contributed by atoms with Crippen LogP contribution in [-0.4, -0.2) is 22.9 Å². The lowest BCUT2D eigenvalue weighted by molar-refractivity contribution is -0.384. The normalized spacial score (nSPS) is 11.1. The fourth-order valence-corrected chi connectivity index (χ4v) is 3.18.